The third-order valence-electron chi connectivity index (χ3n) is 3.12. The quantitative estimate of drug-likeness (QED) is 0.870. The molecule has 0 radical (unpaired) electrons. The first kappa shape index (κ1) is 15.1. The van der Waals surface area contributed by atoms with E-state index in [2.05, 4.69) is 11.6 Å². The van der Waals surface area contributed by atoms with E-state index in [0.29, 0.717) is 5.56 Å². The van der Waals surface area contributed by atoms with E-state index < -0.39 is 24.6 Å². The van der Waals surface area contributed by atoms with Crippen molar-refractivity contribution in [3.8, 4) is 0 Å². The summed E-state index contributed by atoms with van der Waals surface area (Å²) in [7, 11) is 0. The average Bonchev–Trinajstić information content (AvgIpc) is 2.84. The Bertz CT molecular complexity index is 682. The van der Waals surface area contributed by atoms with Crippen LogP contribution in [0.25, 0.3) is 6.08 Å². The number of nitrogens with zero attached hydrogens (tertiary/aromatic N) is 2. The van der Waals surface area contributed by atoms with Crippen LogP contribution in [-0.4, -0.2) is 27.4 Å². The van der Waals surface area contributed by atoms with Gasteiger partial charge in [-0.1, -0.05) is 12.7 Å². The number of anilines is 1. The monoisotopic (exact) mass is 297 g/mol. The number of aliphatic hydroxyl groups is 1. The molecular weight excluding hydrogens is 284 g/mol. The second-order valence-corrected chi connectivity index (χ2v) is 4.26. The van der Waals surface area contributed by atoms with Crippen molar-refractivity contribution in [2.45, 2.75) is 12.3 Å². The molecule has 2 rings (SSSR count). The standard InChI is InChI=1S/C13H13F2N3O3/c1-2-7-5-18(13(20)17-11(7)16)12-9(4-15)8(3-14)10(6-19)21-12/h2-5,10,12,19H,1,6H2,(H2,16,17,20)/b8-3+,9-4+. The summed E-state index contributed by atoms with van der Waals surface area (Å²) in [5.41, 5.74) is 4.71. The van der Waals surface area contributed by atoms with Gasteiger partial charge in [0.25, 0.3) is 0 Å². The van der Waals surface area contributed by atoms with Crippen LogP contribution in [0.2, 0.25) is 0 Å². The maximum absolute atomic E-state index is 13.1. The van der Waals surface area contributed by atoms with Crippen molar-refractivity contribution in [2.75, 3.05) is 12.3 Å². The zero-order chi connectivity index (χ0) is 15.6. The van der Waals surface area contributed by atoms with Crippen LogP contribution in [0, 0.1) is 0 Å². The number of nitrogen functional groups attached to an aromatic ring is 1. The van der Waals surface area contributed by atoms with Gasteiger partial charge >= 0.3 is 5.69 Å². The Kier molecular flexibility index (Phi) is 4.29. The highest BCUT2D eigenvalue weighted by Gasteiger charge is 2.37. The smallest absolute Gasteiger partial charge is 0.351 e. The molecule has 6 nitrogen and oxygen atoms in total. The van der Waals surface area contributed by atoms with E-state index in [1.807, 2.05) is 0 Å². The highest BCUT2D eigenvalue weighted by atomic mass is 19.1. The summed E-state index contributed by atoms with van der Waals surface area (Å²) in [6.45, 7) is 2.95. The average molecular weight is 297 g/mol. The summed E-state index contributed by atoms with van der Waals surface area (Å²) in [6.07, 6.45) is 0.591. The fourth-order valence-electron chi connectivity index (χ4n) is 2.06. The fourth-order valence-corrected chi connectivity index (χ4v) is 2.06. The highest BCUT2D eigenvalue weighted by molar-refractivity contribution is 5.58. The van der Waals surface area contributed by atoms with Gasteiger partial charge in [-0.2, -0.15) is 4.98 Å². The van der Waals surface area contributed by atoms with Crippen LogP contribution < -0.4 is 11.4 Å². The maximum Gasteiger partial charge on any atom is 0.351 e. The Morgan fingerprint density at radius 2 is 2.14 bits per heavy atom. The van der Waals surface area contributed by atoms with Crippen molar-refractivity contribution in [2.24, 2.45) is 0 Å². The lowest BCUT2D eigenvalue weighted by molar-refractivity contribution is -0.00860. The fraction of sp³-hybridized carbons (Fsp3) is 0.231. The van der Waals surface area contributed by atoms with E-state index in [0.717, 1.165) is 4.57 Å². The third kappa shape index (κ3) is 2.50. The Balaban J connectivity index is 2.57. The van der Waals surface area contributed by atoms with Gasteiger partial charge in [-0.15, -0.1) is 0 Å². The molecule has 8 heteroatoms. The lowest BCUT2D eigenvalue weighted by atomic mass is 10.1. The number of halogens is 2. The molecule has 1 aromatic heterocycles. The van der Waals surface area contributed by atoms with Crippen LogP contribution in [0.1, 0.15) is 11.8 Å². The molecule has 1 fully saturated rings. The molecule has 1 aromatic rings. The van der Waals surface area contributed by atoms with Crippen LogP contribution in [0.5, 0.6) is 0 Å². The van der Waals surface area contributed by atoms with E-state index >= 15 is 0 Å². The zero-order valence-electron chi connectivity index (χ0n) is 10.9. The molecule has 0 amide bonds. The molecule has 0 bridgehead atoms. The number of hydrogen-bond acceptors (Lipinski definition) is 5. The molecule has 0 saturated carbocycles. The molecule has 2 unspecified atom stereocenters. The van der Waals surface area contributed by atoms with Gasteiger partial charge in [-0.25, -0.2) is 13.6 Å². The number of nitrogens with two attached hydrogens (primary N) is 1. The number of aromatic nitrogens is 2. The molecule has 0 aromatic carbocycles. The van der Waals surface area contributed by atoms with Crippen molar-refractivity contribution in [1.29, 1.82) is 0 Å². The summed E-state index contributed by atoms with van der Waals surface area (Å²) in [5, 5.41) is 9.14. The van der Waals surface area contributed by atoms with Gasteiger partial charge in [0, 0.05) is 22.9 Å². The molecule has 21 heavy (non-hydrogen) atoms. The molecule has 3 N–H and O–H groups in total. The molecule has 1 saturated heterocycles. The lowest BCUT2D eigenvalue weighted by Gasteiger charge is -2.15. The van der Waals surface area contributed by atoms with E-state index in [1.165, 1.54) is 12.3 Å². The number of rotatable bonds is 3. The maximum atomic E-state index is 13.1. The predicted molar refractivity (Wildman–Crippen MR) is 72.4 cm³/mol. The Labute approximate surface area is 118 Å². The van der Waals surface area contributed by atoms with Crippen molar-refractivity contribution in [1.82, 2.24) is 9.55 Å². The van der Waals surface area contributed by atoms with Crippen LogP contribution in [0.15, 0.2) is 41.4 Å². The Morgan fingerprint density at radius 1 is 1.48 bits per heavy atom. The molecular formula is C13H13F2N3O3. The van der Waals surface area contributed by atoms with E-state index in [1.54, 1.807) is 0 Å². The van der Waals surface area contributed by atoms with Crippen LogP contribution in [0.4, 0.5) is 14.6 Å². The minimum atomic E-state index is -1.24. The largest absolute Gasteiger partial charge is 0.393 e. The van der Waals surface area contributed by atoms with Crippen molar-refractivity contribution >= 4 is 11.9 Å². The number of ether oxygens (including phenoxy) is 1. The number of hydrogen-bond donors (Lipinski definition) is 2. The Morgan fingerprint density at radius 3 is 2.67 bits per heavy atom. The second-order valence-electron chi connectivity index (χ2n) is 4.26. The van der Waals surface area contributed by atoms with Crippen molar-refractivity contribution in [3.05, 3.63) is 52.6 Å². The topological polar surface area (TPSA) is 90.4 Å². The molecule has 112 valence electrons. The number of aliphatic hydroxyl groups excluding tert-OH is 1. The van der Waals surface area contributed by atoms with E-state index in [4.69, 9.17) is 15.6 Å². The van der Waals surface area contributed by atoms with E-state index in [9.17, 15) is 13.6 Å². The minimum Gasteiger partial charge on any atom is -0.393 e. The molecule has 0 aliphatic carbocycles. The van der Waals surface area contributed by atoms with Crippen LogP contribution in [0.3, 0.4) is 0 Å². The summed E-state index contributed by atoms with van der Waals surface area (Å²) >= 11 is 0. The highest BCUT2D eigenvalue weighted by Crippen LogP contribution is 2.38. The first-order valence-electron chi connectivity index (χ1n) is 5.95. The van der Waals surface area contributed by atoms with Gasteiger partial charge < -0.3 is 15.6 Å². The van der Waals surface area contributed by atoms with Crippen LogP contribution in [-0.2, 0) is 4.74 Å². The summed E-state index contributed by atoms with van der Waals surface area (Å²) in [4.78, 5) is 15.4. The second kappa shape index (κ2) is 5.98. The van der Waals surface area contributed by atoms with Gasteiger partial charge in [0.2, 0.25) is 0 Å². The normalized spacial score (nSPS) is 25.7. The first-order chi connectivity index (χ1) is 10.1. The lowest BCUT2D eigenvalue weighted by Crippen LogP contribution is -2.29. The Hall–Kier alpha value is -2.32. The van der Waals surface area contributed by atoms with Gasteiger partial charge in [0.15, 0.2) is 6.23 Å². The van der Waals surface area contributed by atoms with Gasteiger partial charge in [0.05, 0.1) is 19.3 Å². The van der Waals surface area contributed by atoms with Gasteiger partial charge in [-0.3, -0.25) is 4.57 Å². The molecule has 2 heterocycles. The minimum absolute atomic E-state index is 0.0324. The van der Waals surface area contributed by atoms with Gasteiger partial charge in [-0.05, 0) is 0 Å². The predicted octanol–water partition coefficient (Wildman–Crippen LogP) is 1.06. The van der Waals surface area contributed by atoms with Crippen molar-refractivity contribution < 1.29 is 18.6 Å². The molecule has 1 aliphatic heterocycles. The molecule has 2 atom stereocenters. The first-order valence-corrected chi connectivity index (χ1v) is 5.95. The molecule has 0 spiro atoms. The van der Waals surface area contributed by atoms with Gasteiger partial charge in [0.1, 0.15) is 11.9 Å². The summed E-state index contributed by atoms with van der Waals surface area (Å²) < 4.78 is 32.2. The zero-order valence-corrected chi connectivity index (χ0v) is 10.9. The molecule has 1 aliphatic rings. The SMILES string of the molecule is C=Cc1cn(C2OC(CO)C(=C/F)/C2=C\F)c(=O)nc1N. The van der Waals surface area contributed by atoms with Crippen LogP contribution >= 0.6 is 0 Å². The summed E-state index contributed by atoms with van der Waals surface area (Å²) in [6, 6.07) is 0. The third-order valence-corrected chi connectivity index (χ3v) is 3.12. The van der Waals surface area contributed by atoms with Crippen molar-refractivity contribution in [3.63, 3.8) is 0 Å². The summed E-state index contributed by atoms with van der Waals surface area (Å²) in [5.74, 6) is -0.0324. The van der Waals surface area contributed by atoms with E-state index in [-0.39, 0.29) is 29.6 Å².